The van der Waals surface area contributed by atoms with E-state index in [0.717, 1.165) is 13.4 Å². The van der Waals surface area contributed by atoms with E-state index >= 15 is 0 Å². The van der Waals surface area contributed by atoms with Gasteiger partial charge in [-0.25, -0.2) is 37.8 Å². The summed E-state index contributed by atoms with van der Waals surface area (Å²) < 4.78 is 178. The molecule has 55 heteroatoms. The smallest absolute Gasteiger partial charge is 0.394 e. The molecule has 23 atom stereocenters. The number of ether oxygens (including phenoxy) is 10. The fourth-order valence-corrected chi connectivity index (χ4v) is 16.6. The van der Waals surface area contributed by atoms with Crippen LogP contribution in [0.3, 0.4) is 0 Å². The summed E-state index contributed by atoms with van der Waals surface area (Å²) in [6, 6.07) is -3.38. The maximum Gasteiger partial charge on any atom is 0.472 e. The van der Waals surface area contributed by atoms with Gasteiger partial charge >= 0.3 is 39.1 Å². The van der Waals surface area contributed by atoms with E-state index < -0.39 is 245 Å². The van der Waals surface area contributed by atoms with Gasteiger partial charge in [0, 0.05) is 73.9 Å². The van der Waals surface area contributed by atoms with Crippen molar-refractivity contribution in [2.24, 2.45) is 5.41 Å². The number of nitrogens with two attached hydrogens (primary N) is 1. The summed E-state index contributed by atoms with van der Waals surface area (Å²) >= 11 is 0. The topological polar surface area (TPSA) is 710 Å². The molecule has 0 radical (unpaired) electrons. The van der Waals surface area contributed by atoms with Crippen LogP contribution in [0.5, 0.6) is 0 Å². The zero-order chi connectivity index (χ0) is 89.7. The summed E-state index contributed by atoms with van der Waals surface area (Å²) in [6.07, 6.45) is -12.7. The van der Waals surface area contributed by atoms with Crippen LogP contribution in [0.15, 0.2) is 12.7 Å². The second kappa shape index (κ2) is 54.3. The summed E-state index contributed by atoms with van der Waals surface area (Å²) in [7, 11) is -23.1. The lowest BCUT2D eigenvalue weighted by Crippen LogP contribution is -2.64. The Morgan fingerprint density at radius 1 is 0.443 bits per heavy atom. The fraction of sp³-hybridized carbons (Fsp3) is 0.881. The van der Waals surface area contributed by atoms with Gasteiger partial charge in [-0.3, -0.25) is 64.2 Å². The Morgan fingerprint density at radius 3 is 1.13 bits per heavy atom. The minimum absolute atomic E-state index is 0.0212. The number of hydrogen-bond donors (Lipinski definition) is 18. The van der Waals surface area contributed by atoms with Crippen molar-refractivity contribution in [1.82, 2.24) is 35.5 Å². The molecule has 4 fully saturated rings. The number of aromatic nitrogens is 4. The number of nitrogens with zero attached hydrogens (tertiary/aromatic N) is 4. The van der Waals surface area contributed by atoms with Gasteiger partial charge in [-0.1, -0.05) is 38.5 Å². The first kappa shape index (κ1) is 107. The van der Waals surface area contributed by atoms with Crippen LogP contribution in [0.1, 0.15) is 130 Å². The van der Waals surface area contributed by atoms with Crippen LogP contribution in [0.4, 0.5) is 5.82 Å². The molecule has 3 amide bonds. The van der Waals surface area contributed by atoms with Gasteiger partial charge in [0.1, 0.15) is 103 Å². The van der Waals surface area contributed by atoms with Crippen molar-refractivity contribution in [3.05, 3.63) is 12.7 Å². The lowest BCUT2D eigenvalue weighted by Gasteiger charge is -2.42. The number of rotatable bonds is 64. The van der Waals surface area contributed by atoms with Crippen LogP contribution in [-0.4, -0.2) is 351 Å². The van der Waals surface area contributed by atoms with Gasteiger partial charge in [-0.2, -0.15) is 0 Å². The lowest BCUT2D eigenvalue weighted by molar-refractivity contribution is -0.270. The molecule has 19 N–H and O–H groups in total. The molecule has 50 nitrogen and oxygen atoms in total. The molecule has 0 aliphatic carbocycles. The lowest BCUT2D eigenvalue weighted by atomic mass is 9.92. The maximum absolute atomic E-state index is 14.1. The number of phosphoric ester groups is 5. The Hall–Kier alpha value is -3.45. The van der Waals surface area contributed by atoms with Crippen LogP contribution < -0.4 is 21.7 Å². The van der Waals surface area contributed by atoms with Gasteiger partial charge in [0.2, 0.25) is 17.7 Å². The van der Waals surface area contributed by atoms with Crippen LogP contribution in [0, 0.1) is 5.41 Å². The number of aliphatic hydroxyl groups is 9. The van der Waals surface area contributed by atoms with Crippen molar-refractivity contribution in [2.45, 2.75) is 234 Å². The predicted octanol–water partition coefficient (Wildman–Crippen LogP) is -0.869. The number of nitrogen functional groups attached to an aromatic ring is 1. The second-order valence-corrected chi connectivity index (χ2v) is 36.4. The van der Waals surface area contributed by atoms with E-state index in [4.69, 9.17) is 93.8 Å². The monoisotopic (exact) mass is 1870 g/mol. The molecule has 6 rings (SSSR count). The van der Waals surface area contributed by atoms with Crippen molar-refractivity contribution >= 4 is 73.8 Å². The molecule has 0 bridgehead atoms. The molecule has 4 saturated heterocycles. The molecule has 2 aromatic heterocycles. The number of phosphoric acid groups is 5. The Labute approximate surface area is 703 Å². The van der Waals surface area contributed by atoms with E-state index in [2.05, 4.69) is 35.4 Å². The van der Waals surface area contributed by atoms with Crippen molar-refractivity contribution < 1.29 is 200 Å². The molecule has 0 aromatic carbocycles. The average Bonchev–Trinajstić information content (AvgIpc) is 1.68. The summed E-state index contributed by atoms with van der Waals surface area (Å²) in [5.74, 6) is -1.54. The summed E-state index contributed by atoms with van der Waals surface area (Å²) in [6.45, 7) is -3.75. The van der Waals surface area contributed by atoms with Crippen molar-refractivity contribution in [3.63, 3.8) is 0 Å². The minimum atomic E-state index is -5.30. The molecule has 12 unspecified atom stereocenters. The van der Waals surface area contributed by atoms with E-state index in [9.17, 15) is 108 Å². The number of unbranched alkanes of at least 4 members (excludes halogenated alkanes) is 9. The minimum Gasteiger partial charge on any atom is -0.394 e. The largest absolute Gasteiger partial charge is 0.472 e. The molecular formula is C67H123N8O42P5. The van der Waals surface area contributed by atoms with E-state index in [-0.39, 0.29) is 102 Å². The quantitative estimate of drug-likeness (QED) is 0.0283. The average molecular weight is 1870 g/mol. The molecule has 122 heavy (non-hydrogen) atoms. The van der Waals surface area contributed by atoms with Crippen molar-refractivity contribution in [1.29, 1.82) is 0 Å². The van der Waals surface area contributed by atoms with E-state index in [1.54, 1.807) is 0 Å². The van der Waals surface area contributed by atoms with E-state index in [0.29, 0.717) is 77.0 Å². The van der Waals surface area contributed by atoms with Crippen molar-refractivity contribution in [2.75, 3.05) is 145 Å². The van der Waals surface area contributed by atoms with Crippen LogP contribution in [0.2, 0.25) is 0 Å². The first-order chi connectivity index (χ1) is 57.9. The van der Waals surface area contributed by atoms with Crippen LogP contribution in [-0.2, 0) is 130 Å². The molecule has 4 aliphatic heterocycles. The third-order valence-corrected chi connectivity index (χ3v) is 24.1. The predicted molar refractivity (Wildman–Crippen MR) is 415 cm³/mol. The van der Waals surface area contributed by atoms with E-state index in [1.165, 1.54) is 31.7 Å². The highest BCUT2D eigenvalue weighted by atomic mass is 31.2. The number of fused-ring (bicyclic) bond motifs is 1. The SMILES string of the molecule is COP(=O)(O)OC1C[C@H](n2cnc3c(N)ncnc32)O[C@@H]1COP(=O)(O)OCC(COCCCOP(=O)(O)OCCCCCCO[C@@H]1OC(CO)[C@H](O)C(O)[C@@H]1NC(C)=O)(COCCCOP(=O)(O)OCCCCCCO[C@@H]1OC(CO)[C@H](O)C(O)[C@@H]1NC(C)=O)COCCCOP(=O)(O)OCCCCCCO[C@@H]1OC(CO)[C@H](O)C(O)[C@@H]1NC(C)=O. The summed E-state index contributed by atoms with van der Waals surface area (Å²) in [5, 5.41) is 98.7. The first-order valence-corrected chi connectivity index (χ1v) is 47.3. The number of nitrogens with one attached hydrogen (secondary N) is 3. The molecule has 2 aromatic rings. The second-order valence-electron chi connectivity index (χ2n) is 29.1. The van der Waals surface area contributed by atoms with Gasteiger partial charge in [0.15, 0.2) is 30.3 Å². The van der Waals surface area contributed by atoms with Crippen LogP contribution >= 0.6 is 39.1 Å². The third-order valence-electron chi connectivity index (χ3n) is 19.1. The van der Waals surface area contributed by atoms with Crippen molar-refractivity contribution in [3.8, 4) is 0 Å². The summed E-state index contributed by atoms with van der Waals surface area (Å²) in [5.41, 5.74) is 4.71. The fourth-order valence-electron chi connectivity index (χ4n) is 12.8. The molecule has 0 saturated carbocycles. The molecule has 0 spiro atoms. The molecular weight excluding hydrogens is 1740 g/mol. The highest BCUT2D eigenvalue weighted by Crippen LogP contribution is 2.51. The van der Waals surface area contributed by atoms with Gasteiger partial charge in [0.25, 0.3) is 0 Å². The summed E-state index contributed by atoms with van der Waals surface area (Å²) in [4.78, 5) is 101. The number of anilines is 1. The van der Waals surface area contributed by atoms with Gasteiger partial charge in [0.05, 0.1) is 104 Å². The number of amides is 3. The zero-order valence-electron chi connectivity index (χ0n) is 68.3. The molecule has 4 aliphatic rings. The van der Waals surface area contributed by atoms with Gasteiger partial charge < -0.3 is 139 Å². The number of aliphatic hydroxyl groups excluding tert-OH is 9. The van der Waals surface area contributed by atoms with Crippen LogP contribution in [0.25, 0.3) is 11.2 Å². The third kappa shape index (κ3) is 37.6. The number of carbonyl (C=O) groups excluding carboxylic acids is 3. The standard InChI is InChI=1S/C67H123N8O42P5/c1-43(79)72-52-59(85)56(82)47(33-76)114-64(52)102-23-11-5-8-14-26-105-119(90,91)108-29-17-20-99-37-67(40-112-122(96,97)111-36-50-46(117-118(88,89)98-4)32-51(113-50)75-42-71-55-62(68)69-41-70-63(55)75,38-100-21-18-30-109-120(92,93)106-27-15-9-6-12-24-103-65-53(73-44(2)80)60(86)57(83)48(34-77)115-65)39-101-22-19-31-110-121(94,95)107-28-16-10-7-13-25-104-66-54(74-45(3)81)61(87)58(84)49(35-78)116-66/h41-42,46-54,56-61,64-66,76-78,82-87H,5-40H2,1-4H3,(H,72,79)(H,73,80)(H,74,81)(H,88,89)(H,90,91)(H,92,93)(H,94,95)(H,96,97)(H2,68,69,70)/t46?,47?,48?,49?,50-,51-,52+,53+,54+,56+,57+,58+,59?,60?,61?,64-,65-,66-,67?/m1/s1. The highest BCUT2D eigenvalue weighted by Gasteiger charge is 2.50. The van der Waals surface area contributed by atoms with E-state index in [1.807, 2.05) is 0 Å². The number of carbonyl (C=O) groups is 3. The Bertz CT molecular complexity index is 3400. The van der Waals surface area contributed by atoms with Gasteiger partial charge in [-0.05, 0) is 57.8 Å². The normalized spacial score (nSPS) is 28.8. The first-order valence-electron chi connectivity index (χ1n) is 39.8. The Balaban J connectivity index is 1.06. The maximum atomic E-state index is 14.1. The molecule has 6 heterocycles. The Kier molecular flexibility index (Phi) is 47.7. The molecule has 708 valence electrons. The highest BCUT2D eigenvalue weighted by molar-refractivity contribution is 7.48. The Morgan fingerprint density at radius 2 is 0.787 bits per heavy atom. The number of imidazole rings is 1. The zero-order valence-corrected chi connectivity index (χ0v) is 72.8. The van der Waals surface area contributed by atoms with Gasteiger partial charge in [-0.15, -0.1) is 0 Å². The number of hydrogen-bond acceptors (Lipinski definition) is 41.